The minimum Gasteiger partial charge on any atom is -0.368 e. The summed E-state index contributed by atoms with van der Waals surface area (Å²) in [6.45, 7) is 14.0. The van der Waals surface area contributed by atoms with Crippen LogP contribution < -0.4 is 10.2 Å². The first kappa shape index (κ1) is 27.9. The summed E-state index contributed by atoms with van der Waals surface area (Å²) in [4.78, 5) is 19.9. The van der Waals surface area contributed by atoms with E-state index >= 15 is 0 Å². The molecule has 1 aliphatic heterocycles. The van der Waals surface area contributed by atoms with Crippen molar-refractivity contribution < 1.29 is 0 Å². The average molecular weight is 560 g/mol. The lowest BCUT2D eigenvalue weighted by molar-refractivity contribution is 0.186. The maximum atomic E-state index is 5.09. The third-order valence-corrected chi connectivity index (χ3v) is 8.51. The molecule has 7 nitrogen and oxygen atoms in total. The fourth-order valence-corrected chi connectivity index (χ4v) is 6.06. The second-order valence-electron chi connectivity index (χ2n) is 11.4. The molecule has 1 fully saturated rings. The lowest BCUT2D eigenvalue weighted by Crippen LogP contribution is -2.52. The van der Waals surface area contributed by atoms with Crippen LogP contribution in [0, 0.1) is 20.8 Å². The molecule has 6 rings (SSSR count). The zero-order valence-electron chi connectivity index (χ0n) is 25.2. The molecule has 7 heteroatoms. The smallest absolute Gasteiger partial charge is 0.170 e. The van der Waals surface area contributed by atoms with Crippen molar-refractivity contribution in [3.05, 3.63) is 95.8 Å². The van der Waals surface area contributed by atoms with Gasteiger partial charge in [0.15, 0.2) is 17.0 Å². The standard InChI is InChI=1S/C35H41N7/c1-25-14-13-19-31(27(25)3)41-23-22-40(26(2)24-41)21-12-11-20-36-33-32-35(38-28(4)37-33)42(30-17-9-6-10-18-30)34(39-32)29-15-7-5-8-16-29/h5-10,13-19,26H,11-12,20-24H2,1-4H3,(H,36,37,38). The Bertz CT molecular complexity index is 1650. The van der Waals surface area contributed by atoms with Crippen molar-refractivity contribution in [1.82, 2.24) is 24.4 Å². The number of unbranched alkanes of at least 4 members (excludes halogenated alkanes) is 1. The molecule has 1 aliphatic rings. The number of anilines is 2. The summed E-state index contributed by atoms with van der Waals surface area (Å²) in [5.41, 5.74) is 7.88. The van der Waals surface area contributed by atoms with E-state index in [9.17, 15) is 0 Å². The number of aromatic nitrogens is 4. The molecule has 0 radical (unpaired) electrons. The molecular formula is C35H41N7. The molecule has 3 heterocycles. The van der Waals surface area contributed by atoms with Crippen molar-refractivity contribution in [1.29, 1.82) is 0 Å². The van der Waals surface area contributed by atoms with Crippen molar-refractivity contribution in [2.24, 2.45) is 0 Å². The molecule has 5 aromatic rings. The van der Waals surface area contributed by atoms with E-state index in [1.54, 1.807) is 0 Å². The van der Waals surface area contributed by atoms with Crippen molar-refractivity contribution in [2.45, 2.75) is 46.6 Å². The lowest BCUT2D eigenvalue weighted by atomic mass is 10.1. The number of nitrogens with zero attached hydrogens (tertiary/aromatic N) is 6. The monoisotopic (exact) mass is 559 g/mol. The van der Waals surface area contributed by atoms with Gasteiger partial charge in [-0.25, -0.2) is 15.0 Å². The molecule has 1 atom stereocenters. The Kier molecular flexibility index (Phi) is 8.20. The van der Waals surface area contributed by atoms with Gasteiger partial charge in [-0.15, -0.1) is 0 Å². The Morgan fingerprint density at radius 3 is 2.33 bits per heavy atom. The Morgan fingerprint density at radius 2 is 1.57 bits per heavy atom. The van der Waals surface area contributed by atoms with Crippen molar-refractivity contribution in [3.8, 4) is 17.1 Å². The predicted octanol–water partition coefficient (Wildman–Crippen LogP) is 6.81. The van der Waals surface area contributed by atoms with Crippen LogP contribution in [-0.4, -0.2) is 63.2 Å². The van der Waals surface area contributed by atoms with E-state index < -0.39 is 0 Å². The highest BCUT2D eigenvalue weighted by Crippen LogP contribution is 2.31. The van der Waals surface area contributed by atoms with Crippen LogP contribution in [-0.2, 0) is 0 Å². The number of fused-ring (bicyclic) bond motifs is 1. The average Bonchev–Trinajstić information content (AvgIpc) is 3.39. The van der Waals surface area contributed by atoms with E-state index in [0.29, 0.717) is 6.04 Å². The molecule has 1 saturated heterocycles. The van der Waals surface area contributed by atoms with E-state index in [1.807, 2.05) is 43.3 Å². The summed E-state index contributed by atoms with van der Waals surface area (Å²) in [7, 11) is 0. The van der Waals surface area contributed by atoms with E-state index in [2.05, 4.69) is 82.9 Å². The Hall–Kier alpha value is -4.23. The molecule has 2 aromatic heterocycles. The van der Waals surface area contributed by atoms with E-state index in [-0.39, 0.29) is 0 Å². The van der Waals surface area contributed by atoms with Crippen LogP contribution >= 0.6 is 0 Å². The second kappa shape index (κ2) is 12.3. The van der Waals surface area contributed by atoms with Gasteiger partial charge in [0.2, 0.25) is 0 Å². The van der Waals surface area contributed by atoms with Gasteiger partial charge in [0.25, 0.3) is 0 Å². The number of imidazole rings is 1. The molecule has 1 N–H and O–H groups in total. The van der Waals surface area contributed by atoms with Crippen LogP contribution in [0.5, 0.6) is 0 Å². The second-order valence-corrected chi connectivity index (χ2v) is 11.4. The molecule has 0 spiro atoms. The normalized spacial score (nSPS) is 15.8. The molecule has 1 unspecified atom stereocenters. The van der Waals surface area contributed by atoms with Crippen LogP contribution in [0.4, 0.5) is 11.5 Å². The van der Waals surface area contributed by atoms with Gasteiger partial charge in [-0.2, -0.15) is 0 Å². The number of rotatable bonds is 9. The highest BCUT2D eigenvalue weighted by atomic mass is 15.3. The molecule has 0 aliphatic carbocycles. The minimum atomic E-state index is 0.536. The number of aryl methyl sites for hydroxylation is 2. The molecule has 0 saturated carbocycles. The number of nitrogens with one attached hydrogen (secondary N) is 1. The maximum Gasteiger partial charge on any atom is 0.170 e. The minimum absolute atomic E-state index is 0.536. The van der Waals surface area contributed by atoms with Gasteiger partial charge >= 0.3 is 0 Å². The molecule has 42 heavy (non-hydrogen) atoms. The molecule has 216 valence electrons. The van der Waals surface area contributed by atoms with E-state index in [1.165, 1.54) is 16.8 Å². The van der Waals surface area contributed by atoms with Gasteiger partial charge in [0.1, 0.15) is 11.6 Å². The first-order valence-corrected chi connectivity index (χ1v) is 15.2. The largest absolute Gasteiger partial charge is 0.368 e. The van der Waals surface area contributed by atoms with Crippen molar-refractivity contribution in [3.63, 3.8) is 0 Å². The summed E-state index contributed by atoms with van der Waals surface area (Å²) in [6.07, 6.45) is 2.21. The number of para-hydroxylation sites is 1. The first-order valence-electron chi connectivity index (χ1n) is 15.2. The Labute approximate surface area is 249 Å². The number of hydrogen-bond acceptors (Lipinski definition) is 6. The molecule has 0 bridgehead atoms. The van der Waals surface area contributed by atoms with Crippen LogP contribution in [0.3, 0.4) is 0 Å². The van der Waals surface area contributed by atoms with Gasteiger partial charge in [-0.3, -0.25) is 9.47 Å². The van der Waals surface area contributed by atoms with Gasteiger partial charge in [0.05, 0.1) is 0 Å². The Morgan fingerprint density at radius 1 is 0.810 bits per heavy atom. The van der Waals surface area contributed by atoms with Crippen LogP contribution in [0.2, 0.25) is 0 Å². The Balaban J connectivity index is 1.12. The van der Waals surface area contributed by atoms with Crippen LogP contribution in [0.25, 0.3) is 28.2 Å². The number of hydrogen-bond donors (Lipinski definition) is 1. The molecular weight excluding hydrogens is 518 g/mol. The third-order valence-electron chi connectivity index (χ3n) is 8.51. The highest BCUT2D eigenvalue weighted by Gasteiger charge is 2.24. The van der Waals surface area contributed by atoms with Gasteiger partial charge in [0, 0.05) is 49.2 Å². The van der Waals surface area contributed by atoms with Crippen molar-refractivity contribution >= 4 is 22.7 Å². The summed E-state index contributed by atoms with van der Waals surface area (Å²) < 4.78 is 2.14. The van der Waals surface area contributed by atoms with E-state index in [0.717, 1.165) is 85.4 Å². The summed E-state index contributed by atoms with van der Waals surface area (Å²) in [5.74, 6) is 2.41. The van der Waals surface area contributed by atoms with Crippen LogP contribution in [0.1, 0.15) is 36.7 Å². The summed E-state index contributed by atoms with van der Waals surface area (Å²) >= 11 is 0. The third kappa shape index (κ3) is 5.74. The molecule has 3 aromatic carbocycles. The predicted molar refractivity (Wildman–Crippen MR) is 174 cm³/mol. The highest BCUT2D eigenvalue weighted by molar-refractivity contribution is 5.88. The fraction of sp³-hybridized carbons (Fsp3) is 0.343. The van der Waals surface area contributed by atoms with Gasteiger partial charge < -0.3 is 10.2 Å². The van der Waals surface area contributed by atoms with Gasteiger partial charge in [-0.1, -0.05) is 60.7 Å². The fourth-order valence-electron chi connectivity index (χ4n) is 6.06. The number of piperazine rings is 1. The first-order chi connectivity index (χ1) is 20.5. The molecule has 0 amide bonds. The summed E-state index contributed by atoms with van der Waals surface area (Å²) in [6, 6.07) is 27.8. The zero-order chi connectivity index (χ0) is 29.1. The van der Waals surface area contributed by atoms with Gasteiger partial charge in [-0.05, 0) is 76.4 Å². The zero-order valence-corrected chi connectivity index (χ0v) is 25.2. The number of benzene rings is 3. The topological polar surface area (TPSA) is 62.1 Å². The lowest BCUT2D eigenvalue weighted by Gasteiger charge is -2.41. The van der Waals surface area contributed by atoms with Crippen molar-refractivity contribution in [2.75, 3.05) is 42.9 Å². The van der Waals surface area contributed by atoms with E-state index in [4.69, 9.17) is 15.0 Å². The quantitative estimate of drug-likeness (QED) is 0.200. The SMILES string of the molecule is Cc1nc(NCCCCN2CCN(c3cccc(C)c3C)CC2C)c2nc(-c3ccccc3)n(-c3ccccc3)c2n1. The maximum absolute atomic E-state index is 5.09. The summed E-state index contributed by atoms with van der Waals surface area (Å²) in [5, 5.41) is 3.61. The van der Waals surface area contributed by atoms with Crippen LogP contribution in [0.15, 0.2) is 78.9 Å².